The van der Waals surface area contributed by atoms with Crippen molar-refractivity contribution in [3.8, 4) is 17.2 Å². The van der Waals surface area contributed by atoms with Crippen molar-refractivity contribution in [1.82, 2.24) is 0 Å². The van der Waals surface area contributed by atoms with Gasteiger partial charge in [-0.15, -0.1) is 0 Å². The third kappa shape index (κ3) is 2.72. The number of nitrogen functional groups attached to an aromatic ring is 2. The van der Waals surface area contributed by atoms with E-state index >= 15 is 0 Å². The number of anilines is 2. The average molecular weight is 297 g/mol. The van der Waals surface area contributed by atoms with Gasteiger partial charge in [0.05, 0.1) is 18.0 Å². The Morgan fingerprint density at radius 1 is 1.15 bits per heavy atom. The van der Waals surface area contributed by atoms with E-state index in [1.807, 2.05) is 6.92 Å². The molecule has 0 aromatic heterocycles. The van der Waals surface area contributed by atoms with Crippen LogP contribution in [0.25, 0.3) is 0 Å². The number of hydrogen-bond acceptors (Lipinski definition) is 4. The molecule has 0 bridgehead atoms. The molecule has 0 radical (unpaired) electrons. The molecule has 0 fully saturated rings. The van der Waals surface area contributed by atoms with Crippen molar-refractivity contribution in [3.63, 3.8) is 0 Å². The molecule has 0 amide bonds. The first-order valence-electron chi connectivity index (χ1n) is 5.97. The van der Waals surface area contributed by atoms with Crippen LogP contribution >= 0.6 is 11.6 Å². The summed E-state index contributed by atoms with van der Waals surface area (Å²) in [6.07, 6.45) is 0. The summed E-state index contributed by atoms with van der Waals surface area (Å²) in [5.41, 5.74) is 11.4. The highest BCUT2D eigenvalue weighted by Crippen LogP contribution is 2.40. The first-order valence-corrected chi connectivity index (χ1v) is 6.35. The van der Waals surface area contributed by atoms with Gasteiger partial charge in [-0.3, -0.25) is 0 Å². The van der Waals surface area contributed by atoms with Crippen LogP contribution in [-0.2, 0) is 0 Å². The number of nitrogens with two attached hydrogens (primary N) is 2. The molecule has 0 aliphatic rings. The highest BCUT2D eigenvalue weighted by molar-refractivity contribution is 6.33. The van der Waals surface area contributed by atoms with Gasteiger partial charge in [0.25, 0.3) is 0 Å². The largest absolute Gasteiger partial charge is 0.490 e. The van der Waals surface area contributed by atoms with E-state index in [-0.39, 0.29) is 22.1 Å². The Morgan fingerprint density at radius 3 is 2.45 bits per heavy atom. The zero-order valence-corrected chi connectivity index (χ0v) is 11.6. The maximum Gasteiger partial charge on any atom is 0.188 e. The molecule has 0 atom stereocenters. The van der Waals surface area contributed by atoms with Gasteiger partial charge in [-0.2, -0.15) is 0 Å². The molecule has 0 saturated carbocycles. The summed E-state index contributed by atoms with van der Waals surface area (Å²) < 4.78 is 25.0. The maximum absolute atomic E-state index is 14.1. The molecule has 4 nitrogen and oxygen atoms in total. The van der Waals surface area contributed by atoms with E-state index in [0.717, 1.165) is 0 Å². The van der Waals surface area contributed by atoms with Gasteiger partial charge in [0, 0.05) is 0 Å². The lowest BCUT2D eigenvalue weighted by Gasteiger charge is -2.14. The molecule has 2 rings (SSSR count). The maximum atomic E-state index is 14.1. The smallest absolute Gasteiger partial charge is 0.188 e. The molecule has 0 aliphatic heterocycles. The van der Waals surface area contributed by atoms with Gasteiger partial charge in [0.2, 0.25) is 0 Å². The Balaban J connectivity index is 2.43. The normalized spacial score (nSPS) is 10.3. The molecule has 0 spiro atoms. The van der Waals surface area contributed by atoms with E-state index in [9.17, 15) is 4.39 Å². The van der Waals surface area contributed by atoms with Gasteiger partial charge < -0.3 is 20.9 Å². The minimum absolute atomic E-state index is 0.0621. The second-order valence-corrected chi connectivity index (χ2v) is 4.37. The molecule has 2 aromatic rings. The molecular formula is C14H14ClFN2O2. The highest BCUT2D eigenvalue weighted by Gasteiger charge is 2.17. The Labute approximate surface area is 121 Å². The van der Waals surface area contributed by atoms with Gasteiger partial charge >= 0.3 is 0 Å². The first kappa shape index (κ1) is 14.3. The number of ether oxygens (including phenoxy) is 2. The summed E-state index contributed by atoms with van der Waals surface area (Å²) in [6.45, 7) is 2.30. The van der Waals surface area contributed by atoms with Gasteiger partial charge in [0.1, 0.15) is 5.02 Å². The summed E-state index contributed by atoms with van der Waals surface area (Å²) in [5, 5.41) is -0.219. The quantitative estimate of drug-likeness (QED) is 0.841. The van der Waals surface area contributed by atoms with Crippen LogP contribution in [0.5, 0.6) is 17.2 Å². The van der Waals surface area contributed by atoms with Gasteiger partial charge in [-0.1, -0.05) is 23.7 Å². The van der Waals surface area contributed by atoms with Crippen molar-refractivity contribution < 1.29 is 13.9 Å². The summed E-state index contributed by atoms with van der Waals surface area (Å²) >= 11 is 5.76. The van der Waals surface area contributed by atoms with E-state index < -0.39 is 5.82 Å². The van der Waals surface area contributed by atoms with Crippen molar-refractivity contribution in [2.75, 3.05) is 18.1 Å². The van der Waals surface area contributed by atoms with Crippen LogP contribution in [0.2, 0.25) is 5.02 Å². The second-order valence-electron chi connectivity index (χ2n) is 3.99. The number of hydrogen-bond donors (Lipinski definition) is 2. The lowest BCUT2D eigenvalue weighted by molar-refractivity contribution is 0.319. The number of para-hydroxylation sites is 2. The highest BCUT2D eigenvalue weighted by atomic mass is 35.5. The molecule has 6 heteroatoms. The average Bonchev–Trinajstić information content (AvgIpc) is 2.43. The van der Waals surface area contributed by atoms with Crippen LogP contribution in [0.15, 0.2) is 30.3 Å². The van der Waals surface area contributed by atoms with E-state index in [0.29, 0.717) is 18.1 Å². The number of benzene rings is 2. The fraction of sp³-hybridized carbons (Fsp3) is 0.143. The monoisotopic (exact) mass is 296 g/mol. The van der Waals surface area contributed by atoms with Gasteiger partial charge in [-0.25, -0.2) is 4.39 Å². The predicted octanol–water partition coefficient (Wildman–Crippen LogP) is 3.83. The molecule has 2 aromatic carbocycles. The molecule has 0 unspecified atom stereocenters. The van der Waals surface area contributed by atoms with Crippen LogP contribution in [0.3, 0.4) is 0 Å². The predicted molar refractivity (Wildman–Crippen MR) is 77.9 cm³/mol. The minimum Gasteiger partial charge on any atom is -0.490 e. The van der Waals surface area contributed by atoms with E-state index in [1.54, 1.807) is 24.3 Å². The standard InChI is InChI=1S/C14H14ClFN2O2/c1-2-19-10-5-3-4-6-11(10)20-14-9(18)7-8(17)12(15)13(14)16/h3-7H,2,17-18H2,1H3. The van der Waals surface area contributed by atoms with E-state index in [4.69, 9.17) is 32.5 Å². The van der Waals surface area contributed by atoms with Crippen molar-refractivity contribution in [1.29, 1.82) is 0 Å². The van der Waals surface area contributed by atoms with Crippen molar-refractivity contribution in [2.45, 2.75) is 6.92 Å². The van der Waals surface area contributed by atoms with Crippen LogP contribution in [0, 0.1) is 5.82 Å². The molecule has 20 heavy (non-hydrogen) atoms. The zero-order valence-electron chi connectivity index (χ0n) is 10.8. The lowest BCUT2D eigenvalue weighted by Crippen LogP contribution is -2.01. The zero-order chi connectivity index (χ0) is 14.7. The molecule has 106 valence electrons. The minimum atomic E-state index is -0.796. The first-order chi connectivity index (χ1) is 9.54. The van der Waals surface area contributed by atoms with Crippen LogP contribution in [0.4, 0.5) is 15.8 Å². The van der Waals surface area contributed by atoms with Gasteiger partial charge in [0.15, 0.2) is 23.1 Å². The summed E-state index contributed by atoms with van der Waals surface area (Å²) in [6, 6.07) is 8.24. The Hall–Kier alpha value is -2.14. The van der Waals surface area contributed by atoms with Crippen molar-refractivity contribution in [3.05, 3.63) is 41.2 Å². The fourth-order valence-corrected chi connectivity index (χ4v) is 1.81. The summed E-state index contributed by atoms with van der Waals surface area (Å²) in [7, 11) is 0. The fourth-order valence-electron chi connectivity index (χ4n) is 1.67. The third-order valence-electron chi connectivity index (χ3n) is 2.58. The SMILES string of the molecule is CCOc1ccccc1Oc1c(N)cc(N)c(Cl)c1F. The van der Waals surface area contributed by atoms with Crippen LogP contribution in [-0.4, -0.2) is 6.61 Å². The van der Waals surface area contributed by atoms with Gasteiger partial charge in [-0.05, 0) is 25.1 Å². The number of rotatable bonds is 4. The Morgan fingerprint density at radius 2 is 1.80 bits per heavy atom. The summed E-state index contributed by atoms with van der Waals surface area (Å²) in [4.78, 5) is 0. The lowest BCUT2D eigenvalue weighted by atomic mass is 10.2. The topological polar surface area (TPSA) is 70.5 Å². The molecule has 0 saturated heterocycles. The molecule has 4 N–H and O–H groups in total. The molecule has 0 heterocycles. The van der Waals surface area contributed by atoms with Crippen LogP contribution in [0.1, 0.15) is 6.92 Å². The Bertz CT molecular complexity index is 635. The molecular weight excluding hydrogens is 283 g/mol. The number of halogens is 2. The molecule has 0 aliphatic carbocycles. The summed E-state index contributed by atoms with van der Waals surface area (Å²) in [5.74, 6) is -0.130. The van der Waals surface area contributed by atoms with Crippen LogP contribution < -0.4 is 20.9 Å². The third-order valence-corrected chi connectivity index (χ3v) is 2.96. The second kappa shape index (κ2) is 5.88. The Kier molecular flexibility index (Phi) is 4.20. The van der Waals surface area contributed by atoms with Crippen molar-refractivity contribution in [2.24, 2.45) is 0 Å². The van der Waals surface area contributed by atoms with E-state index in [1.165, 1.54) is 6.07 Å². The van der Waals surface area contributed by atoms with Crippen molar-refractivity contribution >= 4 is 23.0 Å². The van der Waals surface area contributed by atoms with E-state index in [2.05, 4.69) is 0 Å².